The number of para-hydroxylation sites is 1. The maximum Gasteiger partial charge on any atom is 0.191 e. The fraction of sp³-hybridized carbons (Fsp3) is 0.611. The van der Waals surface area contributed by atoms with E-state index in [1.54, 1.807) is 7.11 Å². The summed E-state index contributed by atoms with van der Waals surface area (Å²) in [5.41, 5.74) is 1.07. The molecule has 0 saturated carbocycles. The van der Waals surface area contributed by atoms with Gasteiger partial charge in [-0.1, -0.05) is 18.2 Å². The number of thioether (sulfide) groups is 1. The van der Waals surface area contributed by atoms with E-state index in [1.165, 1.54) is 18.6 Å². The van der Waals surface area contributed by atoms with Crippen molar-refractivity contribution in [3.05, 3.63) is 29.8 Å². The molecule has 0 aliphatic carbocycles. The molecule has 0 radical (unpaired) electrons. The van der Waals surface area contributed by atoms with Crippen molar-refractivity contribution in [2.24, 2.45) is 4.99 Å². The summed E-state index contributed by atoms with van der Waals surface area (Å²) in [4.78, 5) is 4.68. The molecule has 5 nitrogen and oxygen atoms in total. The van der Waals surface area contributed by atoms with Crippen LogP contribution >= 0.6 is 35.7 Å². The van der Waals surface area contributed by atoms with E-state index in [0.29, 0.717) is 18.5 Å². The molecule has 25 heavy (non-hydrogen) atoms. The van der Waals surface area contributed by atoms with Crippen molar-refractivity contribution in [3.63, 3.8) is 0 Å². The van der Waals surface area contributed by atoms with Gasteiger partial charge in [-0.2, -0.15) is 11.8 Å². The third-order valence-electron chi connectivity index (χ3n) is 3.81. The highest BCUT2D eigenvalue weighted by Gasteiger charge is 2.14. The molecule has 1 unspecified atom stereocenters. The Hall–Kier alpha value is -0.670. The fourth-order valence-electron chi connectivity index (χ4n) is 2.57. The molecule has 0 spiro atoms. The minimum absolute atomic E-state index is 0. The van der Waals surface area contributed by atoms with Gasteiger partial charge in [0.2, 0.25) is 0 Å². The van der Waals surface area contributed by atoms with Gasteiger partial charge in [-0.05, 0) is 31.6 Å². The minimum atomic E-state index is 0. The van der Waals surface area contributed by atoms with Gasteiger partial charge in [0.15, 0.2) is 5.96 Å². The Labute approximate surface area is 172 Å². The van der Waals surface area contributed by atoms with E-state index >= 15 is 0 Å². The Kier molecular flexibility index (Phi) is 12.1. The number of hydrogen-bond acceptors (Lipinski definition) is 4. The number of guanidine groups is 1. The van der Waals surface area contributed by atoms with Gasteiger partial charge in [-0.25, -0.2) is 0 Å². The van der Waals surface area contributed by atoms with Gasteiger partial charge in [0.1, 0.15) is 5.75 Å². The Morgan fingerprint density at radius 2 is 2.16 bits per heavy atom. The van der Waals surface area contributed by atoms with Crippen molar-refractivity contribution in [3.8, 4) is 5.75 Å². The van der Waals surface area contributed by atoms with Crippen LogP contribution in [0.1, 0.15) is 25.3 Å². The van der Waals surface area contributed by atoms with Gasteiger partial charge in [-0.15, -0.1) is 24.0 Å². The monoisotopic (exact) mass is 479 g/mol. The Balaban J connectivity index is 0.00000312. The molecule has 1 aliphatic heterocycles. The van der Waals surface area contributed by atoms with Crippen LogP contribution in [0.15, 0.2) is 29.3 Å². The standard InChI is InChI=1S/C18H29N3O2S.HI/c1-3-19-18(21-13-16-8-6-12-24-16)20-10-11-23-14-15-7-4-5-9-17(15)22-2;/h4-5,7,9,16H,3,6,8,10-14H2,1-2H3,(H2,19,20,21);1H. The number of benzene rings is 1. The summed E-state index contributed by atoms with van der Waals surface area (Å²) in [6.07, 6.45) is 2.61. The maximum atomic E-state index is 5.74. The van der Waals surface area contributed by atoms with Crippen LogP contribution in [-0.2, 0) is 11.3 Å². The molecule has 7 heteroatoms. The molecule has 1 atom stereocenters. The molecule has 2 rings (SSSR count). The third kappa shape index (κ3) is 8.50. The van der Waals surface area contributed by atoms with Crippen molar-refractivity contribution >= 4 is 41.7 Å². The summed E-state index contributed by atoms with van der Waals surface area (Å²) in [5.74, 6) is 3.03. The van der Waals surface area contributed by atoms with Crippen molar-refractivity contribution in [1.29, 1.82) is 0 Å². The van der Waals surface area contributed by atoms with Crippen molar-refractivity contribution in [2.75, 3.05) is 39.1 Å². The predicted molar refractivity (Wildman–Crippen MR) is 118 cm³/mol. The SMILES string of the molecule is CCNC(=NCC1CCCS1)NCCOCc1ccccc1OC.I. The van der Waals surface area contributed by atoms with Gasteiger partial charge < -0.3 is 20.1 Å². The number of hydrogen-bond donors (Lipinski definition) is 2. The van der Waals surface area contributed by atoms with Crippen molar-refractivity contribution < 1.29 is 9.47 Å². The van der Waals surface area contributed by atoms with Crippen LogP contribution in [-0.4, -0.2) is 50.3 Å². The Bertz CT molecular complexity index is 511. The molecule has 0 amide bonds. The summed E-state index contributed by atoms with van der Waals surface area (Å²) in [6.45, 7) is 5.75. The second kappa shape index (κ2) is 13.5. The summed E-state index contributed by atoms with van der Waals surface area (Å²) < 4.78 is 11.1. The number of nitrogens with zero attached hydrogens (tertiary/aromatic N) is 1. The van der Waals surface area contributed by atoms with Gasteiger partial charge in [0, 0.05) is 23.9 Å². The van der Waals surface area contributed by atoms with Crippen LogP contribution in [0.3, 0.4) is 0 Å². The molecule has 1 fully saturated rings. The van der Waals surface area contributed by atoms with E-state index in [0.717, 1.165) is 36.9 Å². The normalized spacial score (nSPS) is 17.0. The number of rotatable bonds is 9. The maximum absolute atomic E-state index is 5.74. The van der Waals surface area contributed by atoms with E-state index in [2.05, 4.69) is 22.5 Å². The van der Waals surface area contributed by atoms with Crippen molar-refractivity contribution in [2.45, 2.75) is 31.6 Å². The summed E-state index contributed by atoms with van der Waals surface area (Å²) in [7, 11) is 1.68. The van der Waals surface area contributed by atoms with E-state index in [1.807, 2.05) is 36.0 Å². The quantitative estimate of drug-likeness (QED) is 0.247. The zero-order chi connectivity index (χ0) is 17.0. The second-order valence-corrected chi connectivity index (χ2v) is 7.05. The number of ether oxygens (including phenoxy) is 2. The predicted octanol–water partition coefficient (Wildman–Crippen LogP) is 3.28. The van der Waals surface area contributed by atoms with Crippen molar-refractivity contribution in [1.82, 2.24) is 10.6 Å². The average molecular weight is 479 g/mol. The number of nitrogens with one attached hydrogen (secondary N) is 2. The first-order valence-electron chi connectivity index (χ1n) is 8.67. The van der Waals surface area contributed by atoms with E-state index in [9.17, 15) is 0 Å². The molecule has 1 heterocycles. The molecule has 0 aromatic heterocycles. The molecule has 142 valence electrons. The fourth-order valence-corrected chi connectivity index (χ4v) is 3.75. The lowest BCUT2D eigenvalue weighted by Crippen LogP contribution is -2.39. The Morgan fingerprint density at radius 1 is 1.32 bits per heavy atom. The second-order valence-electron chi connectivity index (χ2n) is 5.65. The first-order chi connectivity index (χ1) is 11.8. The third-order valence-corrected chi connectivity index (χ3v) is 5.19. The van der Waals surface area contributed by atoms with E-state index in [-0.39, 0.29) is 24.0 Å². The zero-order valence-corrected chi connectivity index (χ0v) is 18.3. The lowest BCUT2D eigenvalue weighted by Gasteiger charge is -2.13. The highest BCUT2D eigenvalue weighted by molar-refractivity contribution is 14.0. The molecular weight excluding hydrogens is 449 g/mol. The number of aliphatic imine (C=N–C) groups is 1. The molecule has 1 aromatic rings. The van der Waals surface area contributed by atoms with Gasteiger partial charge in [-0.3, -0.25) is 4.99 Å². The number of methoxy groups -OCH3 is 1. The van der Waals surface area contributed by atoms with Gasteiger partial charge in [0.05, 0.1) is 26.9 Å². The van der Waals surface area contributed by atoms with Crippen LogP contribution < -0.4 is 15.4 Å². The lowest BCUT2D eigenvalue weighted by atomic mass is 10.2. The molecular formula is C18H30IN3O2S. The Morgan fingerprint density at radius 3 is 2.88 bits per heavy atom. The molecule has 0 bridgehead atoms. The highest BCUT2D eigenvalue weighted by Crippen LogP contribution is 2.26. The van der Waals surface area contributed by atoms with E-state index < -0.39 is 0 Å². The first kappa shape index (κ1) is 22.4. The van der Waals surface area contributed by atoms with E-state index in [4.69, 9.17) is 9.47 Å². The highest BCUT2D eigenvalue weighted by atomic mass is 127. The largest absolute Gasteiger partial charge is 0.496 e. The zero-order valence-electron chi connectivity index (χ0n) is 15.1. The van der Waals surface area contributed by atoms with Crippen LogP contribution in [0.2, 0.25) is 0 Å². The smallest absolute Gasteiger partial charge is 0.191 e. The molecule has 1 saturated heterocycles. The van der Waals surface area contributed by atoms with Crippen LogP contribution in [0.4, 0.5) is 0 Å². The first-order valence-corrected chi connectivity index (χ1v) is 9.71. The topological polar surface area (TPSA) is 54.9 Å². The van der Waals surface area contributed by atoms with Gasteiger partial charge in [0.25, 0.3) is 0 Å². The minimum Gasteiger partial charge on any atom is -0.496 e. The summed E-state index contributed by atoms with van der Waals surface area (Å²) in [5, 5.41) is 7.30. The van der Waals surface area contributed by atoms with Crippen LogP contribution in [0.25, 0.3) is 0 Å². The average Bonchev–Trinajstić information content (AvgIpc) is 3.13. The van der Waals surface area contributed by atoms with Crippen LogP contribution in [0.5, 0.6) is 5.75 Å². The molecule has 1 aliphatic rings. The molecule has 2 N–H and O–H groups in total. The summed E-state index contributed by atoms with van der Waals surface area (Å²) >= 11 is 2.04. The van der Waals surface area contributed by atoms with Gasteiger partial charge >= 0.3 is 0 Å². The number of halogens is 1. The lowest BCUT2D eigenvalue weighted by molar-refractivity contribution is 0.123. The molecule has 1 aromatic carbocycles. The summed E-state index contributed by atoms with van der Waals surface area (Å²) in [6, 6.07) is 7.94. The van der Waals surface area contributed by atoms with Crippen LogP contribution in [0, 0.1) is 0 Å².